The summed E-state index contributed by atoms with van der Waals surface area (Å²) in [5.74, 6) is -0.374. The number of carbonyl (C=O) groups excluding carboxylic acids is 1. The molecule has 242 valence electrons. The number of esters is 1. The van der Waals surface area contributed by atoms with Crippen LogP contribution in [0.4, 0.5) is 0 Å². The maximum atomic E-state index is 13.3. The smallest absolute Gasteiger partial charge is 0.330 e. The molecule has 0 aliphatic carbocycles. The van der Waals surface area contributed by atoms with Crippen LogP contribution in [0.1, 0.15) is 38.1 Å². The number of hydrogen-bond acceptors (Lipinski definition) is 7. The molecule has 2 heterocycles. The van der Waals surface area contributed by atoms with Crippen molar-refractivity contribution in [1.29, 1.82) is 0 Å². The van der Waals surface area contributed by atoms with Gasteiger partial charge in [0.25, 0.3) is 13.9 Å². The minimum Gasteiger partial charge on any atom is -0.468 e. The average molecular weight is 642 g/mol. The number of aromatic amines is 1. The van der Waals surface area contributed by atoms with Crippen molar-refractivity contribution in [2.45, 2.75) is 57.5 Å². The predicted molar refractivity (Wildman–Crippen MR) is 181 cm³/mol. The van der Waals surface area contributed by atoms with Gasteiger partial charge in [0.05, 0.1) is 19.8 Å². The standard InChI is InChI=1S/C36H43N3O6Si/c1-26-22-39(35(42)37-33(26)40)32-24-38(31(34(41)43-5)21-27-15-9-6-10-16-27)23-28(45-32)25-44-46(36(2,3)4,29-17-11-7-12-18-29)30-19-13-8-14-20-30/h6-20,22,28,31-32H,21,23-25H2,1-5H3,(H,37,40,42). The number of morpholine rings is 1. The van der Waals surface area contributed by atoms with Crippen LogP contribution in [0, 0.1) is 6.92 Å². The highest BCUT2D eigenvalue weighted by Crippen LogP contribution is 2.37. The van der Waals surface area contributed by atoms with E-state index in [-0.39, 0.29) is 24.2 Å². The van der Waals surface area contributed by atoms with Crippen molar-refractivity contribution in [3.8, 4) is 0 Å². The van der Waals surface area contributed by atoms with Gasteiger partial charge in [-0.1, -0.05) is 112 Å². The largest absolute Gasteiger partial charge is 0.468 e. The highest BCUT2D eigenvalue weighted by atomic mass is 28.4. The number of methoxy groups -OCH3 is 1. The number of benzene rings is 3. The minimum atomic E-state index is -2.91. The Morgan fingerprint density at radius 2 is 1.50 bits per heavy atom. The molecule has 0 amide bonds. The van der Waals surface area contributed by atoms with Crippen molar-refractivity contribution < 1.29 is 18.7 Å². The van der Waals surface area contributed by atoms with Gasteiger partial charge in [-0.15, -0.1) is 0 Å². The minimum absolute atomic E-state index is 0.219. The molecular weight excluding hydrogens is 598 g/mol. The molecule has 1 aliphatic heterocycles. The molecule has 1 saturated heterocycles. The summed E-state index contributed by atoms with van der Waals surface area (Å²) in [6.07, 6.45) is 0.636. The molecule has 46 heavy (non-hydrogen) atoms. The molecule has 3 atom stereocenters. The first kappa shape index (κ1) is 33.3. The maximum absolute atomic E-state index is 13.3. The van der Waals surface area contributed by atoms with Gasteiger partial charge in [-0.3, -0.25) is 24.0 Å². The van der Waals surface area contributed by atoms with Crippen molar-refractivity contribution in [2.24, 2.45) is 0 Å². The summed E-state index contributed by atoms with van der Waals surface area (Å²) in [7, 11) is -1.52. The van der Waals surface area contributed by atoms with E-state index in [1.165, 1.54) is 17.9 Å². The van der Waals surface area contributed by atoms with Crippen LogP contribution in [-0.4, -0.2) is 67.7 Å². The Labute approximate surface area is 270 Å². The van der Waals surface area contributed by atoms with Gasteiger partial charge in [-0.25, -0.2) is 4.79 Å². The van der Waals surface area contributed by atoms with Crippen LogP contribution in [0.15, 0.2) is 107 Å². The van der Waals surface area contributed by atoms with E-state index in [2.05, 4.69) is 50.0 Å². The molecule has 3 unspecified atom stereocenters. The Bertz CT molecular complexity index is 1680. The molecule has 10 heteroatoms. The number of aryl methyl sites for hydroxylation is 1. The Morgan fingerprint density at radius 1 is 0.935 bits per heavy atom. The molecule has 0 bridgehead atoms. The van der Waals surface area contributed by atoms with Crippen LogP contribution < -0.4 is 21.6 Å². The zero-order chi connectivity index (χ0) is 32.9. The first-order valence-electron chi connectivity index (χ1n) is 15.6. The van der Waals surface area contributed by atoms with Crippen molar-refractivity contribution in [3.05, 3.63) is 129 Å². The number of aromatic nitrogens is 2. The Morgan fingerprint density at radius 3 is 2.04 bits per heavy atom. The summed E-state index contributed by atoms with van der Waals surface area (Å²) in [6, 6.07) is 29.9. The highest BCUT2D eigenvalue weighted by Gasteiger charge is 2.51. The van der Waals surface area contributed by atoms with Gasteiger partial charge in [0.15, 0.2) is 6.23 Å². The molecule has 1 aromatic heterocycles. The molecule has 0 saturated carbocycles. The summed E-state index contributed by atoms with van der Waals surface area (Å²) < 4.78 is 20.5. The van der Waals surface area contributed by atoms with E-state index in [1.54, 1.807) is 6.92 Å². The van der Waals surface area contributed by atoms with Crippen LogP contribution >= 0.6 is 0 Å². The Kier molecular flexibility index (Phi) is 10.2. The van der Waals surface area contributed by atoms with E-state index in [9.17, 15) is 14.4 Å². The van der Waals surface area contributed by atoms with Crippen molar-refractivity contribution >= 4 is 24.7 Å². The van der Waals surface area contributed by atoms with Gasteiger partial charge in [-0.05, 0) is 34.3 Å². The van der Waals surface area contributed by atoms with E-state index in [0.717, 1.165) is 15.9 Å². The fraction of sp³-hybridized carbons (Fsp3) is 0.361. The zero-order valence-corrected chi connectivity index (χ0v) is 28.1. The van der Waals surface area contributed by atoms with Crippen molar-refractivity contribution in [1.82, 2.24) is 14.5 Å². The van der Waals surface area contributed by atoms with Gasteiger partial charge in [0.1, 0.15) is 6.04 Å². The molecule has 0 spiro atoms. The number of rotatable bonds is 10. The number of nitrogens with one attached hydrogen (secondary N) is 1. The summed E-state index contributed by atoms with van der Waals surface area (Å²) in [6.45, 7) is 9.11. The van der Waals surface area contributed by atoms with E-state index < -0.39 is 37.9 Å². The first-order chi connectivity index (χ1) is 22.0. The number of hydrogen-bond donors (Lipinski definition) is 1. The van der Waals surface area contributed by atoms with Gasteiger partial charge in [0, 0.05) is 24.8 Å². The molecule has 1 aliphatic rings. The lowest BCUT2D eigenvalue weighted by molar-refractivity contribution is -0.164. The lowest BCUT2D eigenvalue weighted by atomic mass is 10.0. The van der Waals surface area contributed by atoms with Crippen molar-refractivity contribution in [3.63, 3.8) is 0 Å². The quantitative estimate of drug-likeness (QED) is 0.209. The average Bonchev–Trinajstić information content (AvgIpc) is 3.06. The lowest BCUT2D eigenvalue weighted by Crippen LogP contribution is -2.67. The predicted octanol–water partition coefficient (Wildman–Crippen LogP) is 3.41. The summed E-state index contributed by atoms with van der Waals surface area (Å²) >= 11 is 0. The third-order valence-corrected chi connectivity index (χ3v) is 13.7. The summed E-state index contributed by atoms with van der Waals surface area (Å²) in [5, 5.41) is 2.03. The second-order valence-electron chi connectivity index (χ2n) is 12.8. The van der Waals surface area contributed by atoms with Crippen molar-refractivity contribution in [2.75, 3.05) is 26.8 Å². The number of ether oxygens (including phenoxy) is 2. The number of H-pyrrole nitrogens is 1. The van der Waals surface area contributed by atoms with E-state index in [4.69, 9.17) is 13.9 Å². The second-order valence-corrected chi connectivity index (χ2v) is 17.2. The maximum Gasteiger partial charge on any atom is 0.330 e. The van der Waals surface area contributed by atoms with Crippen LogP contribution in [0.2, 0.25) is 5.04 Å². The SMILES string of the molecule is COC(=O)C(Cc1ccccc1)N1CC(CO[Si](c2ccccc2)(c2ccccc2)C(C)(C)C)OC(n2cc(C)c(=O)[nH]c2=O)C1. The highest BCUT2D eigenvalue weighted by molar-refractivity contribution is 6.99. The molecule has 1 N–H and O–H groups in total. The summed E-state index contributed by atoms with van der Waals surface area (Å²) in [4.78, 5) is 43.0. The van der Waals surface area contributed by atoms with Crippen LogP contribution in [0.3, 0.4) is 0 Å². The third kappa shape index (κ3) is 7.00. The molecule has 9 nitrogen and oxygen atoms in total. The Balaban J connectivity index is 1.55. The lowest BCUT2D eigenvalue weighted by Gasteiger charge is -2.46. The Hall–Kier alpha value is -4.09. The van der Waals surface area contributed by atoms with Crippen LogP contribution in [-0.2, 0) is 25.1 Å². The van der Waals surface area contributed by atoms with E-state index in [0.29, 0.717) is 18.5 Å². The van der Waals surface area contributed by atoms with Gasteiger partial charge in [0.2, 0.25) is 0 Å². The summed E-state index contributed by atoms with van der Waals surface area (Å²) in [5.41, 5.74) is 0.344. The van der Waals surface area contributed by atoms with Crippen LogP contribution in [0.5, 0.6) is 0 Å². The van der Waals surface area contributed by atoms with Gasteiger partial charge < -0.3 is 13.9 Å². The fourth-order valence-corrected chi connectivity index (χ4v) is 11.1. The first-order valence-corrected chi connectivity index (χ1v) is 17.5. The molecule has 4 aromatic rings. The molecule has 1 fully saturated rings. The molecule has 3 aromatic carbocycles. The topological polar surface area (TPSA) is 103 Å². The second kappa shape index (κ2) is 14.1. The van der Waals surface area contributed by atoms with E-state index >= 15 is 0 Å². The number of nitrogens with zero attached hydrogens (tertiary/aromatic N) is 2. The van der Waals surface area contributed by atoms with Crippen LogP contribution in [0.25, 0.3) is 0 Å². The number of carbonyl (C=O) groups is 1. The van der Waals surface area contributed by atoms with Gasteiger partial charge in [-0.2, -0.15) is 0 Å². The molecule has 0 radical (unpaired) electrons. The fourth-order valence-electron chi connectivity index (χ4n) is 6.46. The molecule has 5 rings (SSSR count). The third-order valence-electron chi connectivity index (χ3n) is 8.72. The van der Waals surface area contributed by atoms with E-state index in [1.807, 2.05) is 71.6 Å². The zero-order valence-electron chi connectivity index (χ0n) is 27.1. The molecular formula is C36H43N3O6Si. The normalized spacial score (nSPS) is 18.2. The van der Waals surface area contributed by atoms with Gasteiger partial charge >= 0.3 is 11.7 Å². The monoisotopic (exact) mass is 641 g/mol.